The molecule has 1 aromatic heterocycles. The van der Waals surface area contributed by atoms with Gasteiger partial charge in [-0.3, -0.25) is 9.59 Å². The van der Waals surface area contributed by atoms with E-state index in [1.165, 1.54) is 6.92 Å². The van der Waals surface area contributed by atoms with Crippen LogP contribution in [0.25, 0.3) is 0 Å². The van der Waals surface area contributed by atoms with Crippen molar-refractivity contribution in [1.29, 1.82) is 0 Å². The summed E-state index contributed by atoms with van der Waals surface area (Å²) in [5.74, 6) is 0.429. The fourth-order valence-corrected chi connectivity index (χ4v) is 3.04. The van der Waals surface area contributed by atoms with Crippen LogP contribution < -0.4 is 10.1 Å². The van der Waals surface area contributed by atoms with E-state index in [2.05, 4.69) is 15.5 Å². The fraction of sp³-hybridized carbons (Fsp3) is 0.158. The molecule has 0 saturated carbocycles. The van der Waals surface area contributed by atoms with Crippen LogP contribution in [-0.2, 0) is 11.4 Å². The van der Waals surface area contributed by atoms with Gasteiger partial charge in [0.15, 0.2) is 12.4 Å². The number of halogens is 1. The highest BCUT2D eigenvalue weighted by atomic mass is 35.5. The Labute approximate surface area is 170 Å². The molecule has 3 aromatic rings. The van der Waals surface area contributed by atoms with Crippen LogP contribution in [-0.4, -0.2) is 27.6 Å². The van der Waals surface area contributed by atoms with E-state index in [0.29, 0.717) is 22.0 Å². The van der Waals surface area contributed by atoms with E-state index in [1.807, 2.05) is 0 Å². The zero-order valence-corrected chi connectivity index (χ0v) is 16.4. The van der Waals surface area contributed by atoms with Gasteiger partial charge in [-0.2, -0.15) is 0 Å². The lowest BCUT2D eigenvalue weighted by atomic mass is 10.1. The van der Waals surface area contributed by atoms with E-state index < -0.39 is 0 Å². The lowest BCUT2D eigenvalue weighted by Crippen LogP contribution is -2.16. The Morgan fingerprint density at radius 2 is 1.89 bits per heavy atom. The molecule has 0 fully saturated rings. The van der Waals surface area contributed by atoms with Crippen LogP contribution in [0.15, 0.2) is 58.2 Å². The number of carbonyl (C=O) groups excluding carboxylic acids is 2. The fourth-order valence-electron chi connectivity index (χ4n) is 2.27. The van der Waals surface area contributed by atoms with Gasteiger partial charge in [-0.05, 0) is 31.2 Å². The second-order valence-electron chi connectivity index (χ2n) is 5.62. The summed E-state index contributed by atoms with van der Waals surface area (Å²) >= 11 is 7.10. The Hall–Kier alpha value is -2.84. The summed E-state index contributed by atoms with van der Waals surface area (Å²) in [6.07, 6.45) is 0. The van der Waals surface area contributed by atoms with Gasteiger partial charge in [-0.15, -0.1) is 10.2 Å². The van der Waals surface area contributed by atoms with E-state index in [4.69, 9.17) is 20.8 Å². The summed E-state index contributed by atoms with van der Waals surface area (Å²) in [7, 11) is 0. The van der Waals surface area contributed by atoms with E-state index in [0.717, 1.165) is 11.8 Å². The van der Waals surface area contributed by atoms with Crippen molar-refractivity contribution in [3.05, 3.63) is 65.0 Å². The number of anilines is 1. The largest absolute Gasteiger partial charge is 0.482 e. The highest BCUT2D eigenvalue weighted by molar-refractivity contribution is 7.99. The maximum atomic E-state index is 12.1. The SMILES string of the molecule is CC(=O)c1ccccc1NC(=O)CSc1nnc(COc2ccccc2Cl)o1. The second-order valence-corrected chi connectivity index (χ2v) is 6.95. The third-order valence-corrected chi connectivity index (χ3v) is 4.67. The van der Waals surface area contributed by atoms with E-state index in [9.17, 15) is 9.59 Å². The molecule has 144 valence electrons. The van der Waals surface area contributed by atoms with Gasteiger partial charge in [0.1, 0.15) is 5.75 Å². The van der Waals surface area contributed by atoms with Gasteiger partial charge in [-0.1, -0.05) is 47.6 Å². The minimum Gasteiger partial charge on any atom is -0.482 e. The monoisotopic (exact) mass is 417 g/mol. The first-order valence-electron chi connectivity index (χ1n) is 8.25. The van der Waals surface area contributed by atoms with Crippen molar-refractivity contribution in [2.24, 2.45) is 0 Å². The zero-order valence-electron chi connectivity index (χ0n) is 14.8. The van der Waals surface area contributed by atoms with E-state index in [-0.39, 0.29) is 35.2 Å². The van der Waals surface area contributed by atoms with Crippen LogP contribution in [0.4, 0.5) is 5.69 Å². The summed E-state index contributed by atoms with van der Waals surface area (Å²) < 4.78 is 11.0. The summed E-state index contributed by atoms with van der Waals surface area (Å²) in [4.78, 5) is 23.7. The summed E-state index contributed by atoms with van der Waals surface area (Å²) in [6, 6.07) is 13.9. The Morgan fingerprint density at radius 1 is 1.14 bits per heavy atom. The molecule has 0 spiro atoms. The number of hydrogen-bond donors (Lipinski definition) is 1. The lowest BCUT2D eigenvalue weighted by Gasteiger charge is -2.08. The number of hydrogen-bond acceptors (Lipinski definition) is 7. The molecule has 1 amide bonds. The Morgan fingerprint density at radius 3 is 2.68 bits per heavy atom. The predicted octanol–water partition coefficient (Wildman–Crippen LogP) is 4.24. The van der Waals surface area contributed by atoms with Crippen LogP contribution in [0.5, 0.6) is 5.75 Å². The molecule has 28 heavy (non-hydrogen) atoms. The van der Waals surface area contributed by atoms with Crippen molar-refractivity contribution >= 4 is 40.7 Å². The smallest absolute Gasteiger partial charge is 0.277 e. The summed E-state index contributed by atoms with van der Waals surface area (Å²) in [5, 5.41) is 11.2. The molecule has 1 N–H and O–H groups in total. The molecule has 9 heteroatoms. The quantitative estimate of drug-likeness (QED) is 0.432. The number of carbonyl (C=O) groups is 2. The average molecular weight is 418 g/mol. The number of amides is 1. The van der Waals surface area contributed by atoms with Gasteiger partial charge < -0.3 is 14.5 Å². The number of aromatic nitrogens is 2. The molecular weight excluding hydrogens is 402 g/mol. The number of nitrogens with one attached hydrogen (secondary N) is 1. The number of nitrogens with zero attached hydrogens (tertiary/aromatic N) is 2. The van der Waals surface area contributed by atoms with Gasteiger partial charge in [-0.25, -0.2) is 0 Å². The van der Waals surface area contributed by atoms with Gasteiger partial charge >= 0.3 is 0 Å². The molecule has 0 saturated heterocycles. The van der Waals surface area contributed by atoms with E-state index >= 15 is 0 Å². The maximum Gasteiger partial charge on any atom is 0.277 e. The normalized spacial score (nSPS) is 10.5. The Bertz CT molecular complexity index is 993. The third-order valence-electron chi connectivity index (χ3n) is 3.54. The maximum absolute atomic E-state index is 12.1. The number of thioether (sulfide) groups is 1. The highest BCUT2D eigenvalue weighted by Gasteiger charge is 2.13. The molecule has 7 nitrogen and oxygen atoms in total. The summed E-state index contributed by atoms with van der Waals surface area (Å²) in [6.45, 7) is 1.51. The predicted molar refractivity (Wildman–Crippen MR) is 106 cm³/mol. The number of Topliss-reactive ketones (excluding diaryl/α,β-unsaturated/α-hetero) is 1. The van der Waals surface area contributed by atoms with Crippen molar-refractivity contribution in [2.45, 2.75) is 18.8 Å². The number of benzene rings is 2. The third kappa shape index (κ3) is 5.34. The van der Waals surface area contributed by atoms with Gasteiger partial charge in [0.25, 0.3) is 11.1 Å². The Kier molecular flexibility index (Phi) is 6.67. The minimum absolute atomic E-state index is 0.0548. The van der Waals surface area contributed by atoms with Crippen LogP contribution >= 0.6 is 23.4 Å². The molecule has 0 bridgehead atoms. The van der Waals surface area contributed by atoms with Crippen molar-refractivity contribution < 1.29 is 18.7 Å². The molecule has 0 aliphatic heterocycles. The molecule has 0 unspecified atom stereocenters. The first kappa shape index (κ1) is 19.9. The number of ether oxygens (including phenoxy) is 1. The van der Waals surface area contributed by atoms with Crippen LogP contribution in [0.3, 0.4) is 0 Å². The standard InChI is InChI=1S/C19H16ClN3O4S/c1-12(24)13-6-2-4-8-15(13)21-17(25)11-28-19-23-22-18(27-19)10-26-16-9-5-3-7-14(16)20/h2-9H,10-11H2,1H3,(H,21,25). The number of rotatable bonds is 8. The molecule has 0 atom stereocenters. The van der Waals surface area contributed by atoms with Crippen LogP contribution in [0.1, 0.15) is 23.2 Å². The van der Waals surface area contributed by atoms with Crippen molar-refractivity contribution in [3.63, 3.8) is 0 Å². The average Bonchev–Trinajstić information content (AvgIpc) is 3.14. The van der Waals surface area contributed by atoms with Crippen LogP contribution in [0.2, 0.25) is 5.02 Å². The molecule has 1 heterocycles. The molecule has 2 aromatic carbocycles. The van der Waals surface area contributed by atoms with Gasteiger partial charge in [0.05, 0.1) is 16.5 Å². The number of para-hydroxylation sites is 2. The lowest BCUT2D eigenvalue weighted by molar-refractivity contribution is -0.113. The van der Waals surface area contributed by atoms with Gasteiger partial charge in [0, 0.05) is 5.56 Å². The molecular formula is C19H16ClN3O4S. The first-order valence-corrected chi connectivity index (χ1v) is 9.61. The molecule has 0 radical (unpaired) electrons. The molecule has 3 rings (SSSR count). The highest BCUT2D eigenvalue weighted by Crippen LogP contribution is 2.24. The van der Waals surface area contributed by atoms with Crippen molar-refractivity contribution in [3.8, 4) is 5.75 Å². The topological polar surface area (TPSA) is 94.3 Å². The molecule has 0 aliphatic carbocycles. The zero-order chi connectivity index (χ0) is 19.9. The Balaban J connectivity index is 1.51. The minimum atomic E-state index is -0.286. The van der Waals surface area contributed by atoms with E-state index in [1.54, 1.807) is 48.5 Å². The van der Waals surface area contributed by atoms with Crippen LogP contribution in [0, 0.1) is 0 Å². The van der Waals surface area contributed by atoms with Crippen molar-refractivity contribution in [1.82, 2.24) is 10.2 Å². The molecule has 0 aliphatic rings. The summed E-state index contributed by atoms with van der Waals surface area (Å²) in [5.41, 5.74) is 0.928. The number of ketones is 1. The van der Waals surface area contributed by atoms with Gasteiger partial charge in [0.2, 0.25) is 5.91 Å². The van der Waals surface area contributed by atoms with Crippen molar-refractivity contribution in [2.75, 3.05) is 11.1 Å². The second kappa shape index (κ2) is 9.38. The first-order chi connectivity index (χ1) is 13.5.